The molecular formula is C19H22N2O3. The Labute approximate surface area is 142 Å². The molecule has 2 N–H and O–H groups in total. The molecule has 0 radical (unpaired) electrons. The SMILES string of the molecule is COc1ccc2c(c1)CC(NC(=O)Nc1cc(C)ccc1C)CO2. The minimum absolute atomic E-state index is 0.0743. The van der Waals surface area contributed by atoms with Crippen molar-refractivity contribution in [3.63, 3.8) is 0 Å². The number of ether oxygens (including phenoxy) is 2. The molecule has 0 saturated carbocycles. The first kappa shape index (κ1) is 16.2. The van der Waals surface area contributed by atoms with Crippen LogP contribution in [-0.2, 0) is 6.42 Å². The van der Waals surface area contributed by atoms with Crippen LogP contribution in [0.1, 0.15) is 16.7 Å². The van der Waals surface area contributed by atoms with Crippen LogP contribution in [-0.4, -0.2) is 25.8 Å². The zero-order chi connectivity index (χ0) is 17.1. The summed E-state index contributed by atoms with van der Waals surface area (Å²) < 4.78 is 11.0. The number of hydrogen-bond acceptors (Lipinski definition) is 3. The second-order valence-corrected chi connectivity index (χ2v) is 6.10. The molecule has 0 spiro atoms. The number of rotatable bonds is 3. The first-order valence-electron chi connectivity index (χ1n) is 7.99. The number of methoxy groups -OCH3 is 1. The molecule has 126 valence electrons. The van der Waals surface area contributed by atoms with E-state index in [1.165, 1.54) is 0 Å². The van der Waals surface area contributed by atoms with Crippen molar-refractivity contribution in [2.45, 2.75) is 26.3 Å². The van der Waals surface area contributed by atoms with E-state index in [1.54, 1.807) is 7.11 Å². The first-order valence-corrected chi connectivity index (χ1v) is 7.99. The van der Waals surface area contributed by atoms with Crippen LogP contribution < -0.4 is 20.1 Å². The van der Waals surface area contributed by atoms with Gasteiger partial charge in [0.25, 0.3) is 0 Å². The molecule has 0 bridgehead atoms. The van der Waals surface area contributed by atoms with Crippen molar-refractivity contribution in [3.8, 4) is 11.5 Å². The number of carbonyl (C=O) groups is 1. The van der Waals surface area contributed by atoms with Gasteiger partial charge in [-0.05, 0) is 61.2 Å². The lowest BCUT2D eigenvalue weighted by Crippen LogP contribution is -2.44. The van der Waals surface area contributed by atoms with Crippen LogP contribution in [0.3, 0.4) is 0 Å². The summed E-state index contributed by atoms with van der Waals surface area (Å²) in [5.41, 5.74) is 4.01. The highest BCUT2D eigenvalue weighted by Gasteiger charge is 2.22. The standard InChI is InChI=1S/C19H22N2O3/c1-12-4-5-13(2)17(8-12)21-19(22)20-15-9-14-10-16(23-3)6-7-18(14)24-11-15/h4-8,10,15H,9,11H2,1-3H3,(H2,20,21,22). The molecule has 1 aliphatic rings. The third-order valence-electron chi connectivity index (χ3n) is 4.15. The lowest BCUT2D eigenvalue weighted by molar-refractivity contribution is 0.222. The minimum atomic E-state index is -0.219. The smallest absolute Gasteiger partial charge is 0.319 e. The highest BCUT2D eigenvalue weighted by atomic mass is 16.5. The molecule has 5 nitrogen and oxygen atoms in total. The van der Waals surface area contributed by atoms with Crippen molar-refractivity contribution in [1.82, 2.24) is 5.32 Å². The number of anilines is 1. The van der Waals surface area contributed by atoms with Crippen LogP contribution in [0.4, 0.5) is 10.5 Å². The summed E-state index contributed by atoms with van der Waals surface area (Å²) in [5.74, 6) is 1.64. The van der Waals surface area contributed by atoms with E-state index in [-0.39, 0.29) is 12.1 Å². The Morgan fingerprint density at radius 2 is 2.04 bits per heavy atom. The maximum atomic E-state index is 12.3. The average Bonchev–Trinajstić information content (AvgIpc) is 2.57. The fourth-order valence-electron chi connectivity index (χ4n) is 2.80. The van der Waals surface area contributed by atoms with Gasteiger partial charge in [0, 0.05) is 5.69 Å². The van der Waals surface area contributed by atoms with Gasteiger partial charge in [-0.3, -0.25) is 0 Å². The van der Waals surface area contributed by atoms with Crippen molar-refractivity contribution in [2.75, 3.05) is 19.0 Å². The van der Waals surface area contributed by atoms with E-state index in [2.05, 4.69) is 10.6 Å². The zero-order valence-electron chi connectivity index (χ0n) is 14.2. The van der Waals surface area contributed by atoms with Gasteiger partial charge in [0.1, 0.15) is 18.1 Å². The summed E-state index contributed by atoms with van der Waals surface area (Å²) in [5, 5.41) is 5.89. The Hall–Kier alpha value is -2.69. The quantitative estimate of drug-likeness (QED) is 0.908. The van der Waals surface area contributed by atoms with Crippen LogP contribution in [0.15, 0.2) is 36.4 Å². The van der Waals surface area contributed by atoms with Crippen molar-refractivity contribution < 1.29 is 14.3 Å². The van der Waals surface area contributed by atoms with Gasteiger partial charge in [0.05, 0.1) is 13.2 Å². The molecule has 1 unspecified atom stereocenters. The molecule has 2 aromatic rings. The highest BCUT2D eigenvalue weighted by molar-refractivity contribution is 5.90. The third kappa shape index (κ3) is 3.62. The van der Waals surface area contributed by atoms with Crippen molar-refractivity contribution >= 4 is 11.7 Å². The van der Waals surface area contributed by atoms with Crippen LogP contribution >= 0.6 is 0 Å². The predicted octanol–water partition coefficient (Wildman–Crippen LogP) is 3.44. The number of urea groups is 1. The first-order chi connectivity index (χ1) is 11.5. The number of carbonyl (C=O) groups excluding carboxylic acids is 1. The van der Waals surface area contributed by atoms with Gasteiger partial charge < -0.3 is 20.1 Å². The summed E-state index contributed by atoms with van der Waals surface area (Å²) in [6.07, 6.45) is 0.715. The van der Waals surface area contributed by atoms with Crippen LogP contribution in [0, 0.1) is 13.8 Å². The molecule has 2 amide bonds. The number of benzene rings is 2. The molecule has 0 saturated heterocycles. The van der Waals surface area contributed by atoms with Gasteiger partial charge in [0.15, 0.2) is 0 Å². The largest absolute Gasteiger partial charge is 0.497 e. The fraction of sp³-hybridized carbons (Fsp3) is 0.316. The second-order valence-electron chi connectivity index (χ2n) is 6.10. The van der Waals surface area contributed by atoms with Gasteiger partial charge in [-0.2, -0.15) is 0 Å². The van der Waals surface area contributed by atoms with E-state index < -0.39 is 0 Å². The molecule has 1 aliphatic heterocycles. The number of nitrogens with one attached hydrogen (secondary N) is 2. The van der Waals surface area contributed by atoms with Gasteiger partial charge in [0.2, 0.25) is 0 Å². The van der Waals surface area contributed by atoms with E-state index >= 15 is 0 Å². The Bertz CT molecular complexity index is 758. The molecule has 2 aromatic carbocycles. The van der Waals surface area contributed by atoms with Gasteiger partial charge in [-0.25, -0.2) is 4.79 Å². The lowest BCUT2D eigenvalue weighted by atomic mass is 10.0. The predicted molar refractivity (Wildman–Crippen MR) is 94.1 cm³/mol. The summed E-state index contributed by atoms with van der Waals surface area (Å²) in [6, 6.07) is 11.4. The number of fused-ring (bicyclic) bond motifs is 1. The average molecular weight is 326 g/mol. The highest BCUT2D eigenvalue weighted by Crippen LogP contribution is 2.28. The maximum Gasteiger partial charge on any atom is 0.319 e. The molecule has 0 fully saturated rings. The molecule has 0 aliphatic carbocycles. The zero-order valence-corrected chi connectivity index (χ0v) is 14.2. The van der Waals surface area contributed by atoms with Crippen molar-refractivity contribution in [1.29, 1.82) is 0 Å². The van der Waals surface area contributed by atoms with Crippen LogP contribution in [0.5, 0.6) is 11.5 Å². The Balaban J connectivity index is 1.64. The molecule has 1 atom stereocenters. The summed E-state index contributed by atoms with van der Waals surface area (Å²) in [7, 11) is 1.64. The fourth-order valence-corrected chi connectivity index (χ4v) is 2.80. The Morgan fingerprint density at radius 1 is 1.21 bits per heavy atom. The van der Waals surface area contributed by atoms with Crippen molar-refractivity contribution in [3.05, 3.63) is 53.1 Å². The molecule has 24 heavy (non-hydrogen) atoms. The third-order valence-corrected chi connectivity index (χ3v) is 4.15. The van der Waals surface area contributed by atoms with E-state index in [4.69, 9.17) is 9.47 Å². The van der Waals surface area contributed by atoms with Gasteiger partial charge in [-0.1, -0.05) is 12.1 Å². The topological polar surface area (TPSA) is 59.6 Å². The monoisotopic (exact) mass is 326 g/mol. The van der Waals surface area contributed by atoms with Crippen LogP contribution in [0.2, 0.25) is 0 Å². The summed E-state index contributed by atoms with van der Waals surface area (Å²) in [4.78, 5) is 12.3. The van der Waals surface area contributed by atoms with E-state index in [1.807, 2.05) is 50.2 Å². The molecule has 5 heteroatoms. The Morgan fingerprint density at radius 3 is 2.83 bits per heavy atom. The summed E-state index contributed by atoms with van der Waals surface area (Å²) >= 11 is 0. The van der Waals surface area contributed by atoms with Crippen LogP contribution in [0.25, 0.3) is 0 Å². The van der Waals surface area contributed by atoms with E-state index in [9.17, 15) is 4.79 Å². The maximum absolute atomic E-state index is 12.3. The molecular weight excluding hydrogens is 304 g/mol. The second kappa shape index (κ2) is 6.83. The molecule has 0 aromatic heterocycles. The van der Waals surface area contributed by atoms with Crippen molar-refractivity contribution in [2.24, 2.45) is 0 Å². The Kier molecular flexibility index (Phi) is 4.60. The molecule has 1 heterocycles. The van der Waals surface area contributed by atoms with Gasteiger partial charge >= 0.3 is 6.03 Å². The minimum Gasteiger partial charge on any atom is -0.497 e. The molecule has 3 rings (SSSR count). The lowest BCUT2D eigenvalue weighted by Gasteiger charge is -2.26. The summed E-state index contributed by atoms with van der Waals surface area (Å²) in [6.45, 7) is 4.43. The number of amides is 2. The van der Waals surface area contributed by atoms with E-state index in [0.29, 0.717) is 13.0 Å². The normalized spacial score (nSPS) is 15.9. The van der Waals surface area contributed by atoms with E-state index in [0.717, 1.165) is 33.9 Å². The van der Waals surface area contributed by atoms with Gasteiger partial charge in [-0.15, -0.1) is 0 Å². The number of aryl methyl sites for hydroxylation is 2. The number of hydrogen-bond donors (Lipinski definition) is 2.